The molecule has 0 radical (unpaired) electrons. The quantitative estimate of drug-likeness (QED) is 0.745. The van der Waals surface area contributed by atoms with Crippen LogP contribution in [-0.4, -0.2) is 72.6 Å². The Morgan fingerprint density at radius 1 is 0.926 bits per heavy atom. The molecule has 5 heteroatoms. The number of carbonyl (C=O) groups excluding carboxylic acids is 1. The number of carbonyl (C=O) groups is 1. The molecular formula is C22H40N4O. The molecule has 1 amide bonds. The molecule has 1 saturated heterocycles. The zero-order valence-corrected chi connectivity index (χ0v) is 17.7. The minimum Gasteiger partial charge on any atom is -0.350 e. The van der Waals surface area contributed by atoms with Crippen LogP contribution in [0.3, 0.4) is 0 Å². The number of piperazine rings is 1. The van der Waals surface area contributed by atoms with E-state index in [-0.39, 0.29) is 17.0 Å². The Labute approximate surface area is 165 Å². The topological polar surface area (TPSA) is 47.6 Å². The fourth-order valence-electron chi connectivity index (χ4n) is 6.56. The number of hydrogen-bond donors (Lipinski definition) is 2. The molecule has 2 N–H and O–H groups in total. The zero-order valence-electron chi connectivity index (χ0n) is 17.7. The summed E-state index contributed by atoms with van der Waals surface area (Å²) in [5.74, 6) is 2.95. The van der Waals surface area contributed by atoms with Crippen LogP contribution >= 0.6 is 0 Å². The predicted molar refractivity (Wildman–Crippen MR) is 110 cm³/mol. The van der Waals surface area contributed by atoms with E-state index in [1.54, 1.807) is 0 Å². The standard InChI is InChI=1S/C22H40N4O/c1-21(2,3)23-4-5-25-6-8-26(9-7-25)16-20(27)24-22-13-17-10-18(14-22)12-19(11-17)15-22/h17-19,23H,4-16H2,1-3H3,(H,24,27). The van der Waals surface area contributed by atoms with Gasteiger partial charge in [-0.15, -0.1) is 0 Å². The molecule has 27 heavy (non-hydrogen) atoms. The molecule has 4 bridgehead atoms. The van der Waals surface area contributed by atoms with Crippen LogP contribution in [0.1, 0.15) is 59.3 Å². The summed E-state index contributed by atoms with van der Waals surface area (Å²) < 4.78 is 0. The number of rotatable bonds is 6. The van der Waals surface area contributed by atoms with Gasteiger partial charge in [0.25, 0.3) is 0 Å². The van der Waals surface area contributed by atoms with Gasteiger partial charge in [0.05, 0.1) is 6.54 Å². The maximum atomic E-state index is 12.8. The monoisotopic (exact) mass is 376 g/mol. The van der Waals surface area contributed by atoms with Crippen LogP contribution in [0.15, 0.2) is 0 Å². The van der Waals surface area contributed by atoms with Gasteiger partial charge in [-0.05, 0) is 77.0 Å². The van der Waals surface area contributed by atoms with E-state index in [0.29, 0.717) is 6.54 Å². The van der Waals surface area contributed by atoms with Crippen LogP contribution in [0.5, 0.6) is 0 Å². The van der Waals surface area contributed by atoms with Crippen molar-refractivity contribution in [1.29, 1.82) is 0 Å². The van der Waals surface area contributed by atoms with Crippen molar-refractivity contribution >= 4 is 5.91 Å². The van der Waals surface area contributed by atoms with Crippen molar-refractivity contribution in [2.45, 2.75) is 70.4 Å². The van der Waals surface area contributed by atoms with Gasteiger partial charge in [0.15, 0.2) is 0 Å². The van der Waals surface area contributed by atoms with Crippen LogP contribution < -0.4 is 10.6 Å². The highest BCUT2D eigenvalue weighted by Crippen LogP contribution is 2.55. The summed E-state index contributed by atoms with van der Waals surface area (Å²) >= 11 is 0. The number of nitrogens with one attached hydrogen (secondary N) is 2. The second-order valence-corrected chi connectivity index (χ2v) is 11.0. The van der Waals surface area contributed by atoms with Crippen LogP contribution in [0.25, 0.3) is 0 Å². The van der Waals surface area contributed by atoms with Gasteiger partial charge in [-0.3, -0.25) is 14.6 Å². The molecule has 4 saturated carbocycles. The van der Waals surface area contributed by atoms with E-state index in [1.807, 2.05) is 0 Å². The first-order chi connectivity index (χ1) is 12.8. The molecule has 0 aromatic carbocycles. The molecule has 5 nitrogen and oxygen atoms in total. The molecule has 0 atom stereocenters. The summed E-state index contributed by atoms with van der Waals surface area (Å²) in [6.07, 6.45) is 8.04. The lowest BCUT2D eigenvalue weighted by Gasteiger charge is -2.57. The third-order valence-corrected chi connectivity index (χ3v) is 7.36. The lowest BCUT2D eigenvalue weighted by Crippen LogP contribution is -2.61. The molecule has 4 aliphatic carbocycles. The first-order valence-corrected chi connectivity index (χ1v) is 11.3. The predicted octanol–water partition coefficient (Wildman–Crippen LogP) is 2.08. The van der Waals surface area contributed by atoms with Crippen LogP contribution in [0, 0.1) is 17.8 Å². The third-order valence-electron chi connectivity index (χ3n) is 7.36. The van der Waals surface area contributed by atoms with Gasteiger partial charge in [-0.25, -0.2) is 0 Å². The fraction of sp³-hybridized carbons (Fsp3) is 0.955. The van der Waals surface area contributed by atoms with Crippen molar-refractivity contribution in [2.24, 2.45) is 17.8 Å². The van der Waals surface area contributed by atoms with Crippen molar-refractivity contribution in [2.75, 3.05) is 45.8 Å². The summed E-state index contributed by atoms with van der Waals surface area (Å²) in [5, 5.41) is 7.10. The maximum Gasteiger partial charge on any atom is 0.234 e. The molecule has 0 unspecified atom stereocenters. The number of hydrogen-bond acceptors (Lipinski definition) is 4. The lowest BCUT2D eigenvalue weighted by molar-refractivity contribution is -0.128. The van der Waals surface area contributed by atoms with E-state index >= 15 is 0 Å². The second kappa shape index (κ2) is 7.64. The number of amides is 1. The summed E-state index contributed by atoms with van der Waals surface area (Å²) in [7, 11) is 0. The normalized spacial score (nSPS) is 36.9. The average Bonchev–Trinajstić information content (AvgIpc) is 2.53. The largest absolute Gasteiger partial charge is 0.350 e. The SMILES string of the molecule is CC(C)(C)NCCN1CCN(CC(=O)NC23CC4CC(CC(C4)C2)C3)CC1. The van der Waals surface area contributed by atoms with Gasteiger partial charge < -0.3 is 10.6 Å². The van der Waals surface area contributed by atoms with Gasteiger partial charge in [0.2, 0.25) is 5.91 Å². The maximum absolute atomic E-state index is 12.8. The molecule has 5 rings (SSSR count). The molecule has 154 valence electrons. The van der Waals surface area contributed by atoms with E-state index in [9.17, 15) is 4.79 Å². The van der Waals surface area contributed by atoms with Crippen LogP contribution in [0.4, 0.5) is 0 Å². The lowest BCUT2D eigenvalue weighted by atomic mass is 9.53. The second-order valence-electron chi connectivity index (χ2n) is 11.0. The van der Waals surface area contributed by atoms with Gasteiger partial charge >= 0.3 is 0 Å². The Bertz CT molecular complexity index is 498. The Hall–Kier alpha value is -0.650. The Kier molecular flexibility index (Phi) is 5.56. The highest BCUT2D eigenvalue weighted by Gasteiger charge is 2.51. The zero-order chi connectivity index (χ0) is 19.1. The first kappa shape index (κ1) is 19.7. The summed E-state index contributed by atoms with van der Waals surface area (Å²) in [4.78, 5) is 17.7. The van der Waals surface area contributed by atoms with Crippen molar-refractivity contribution in [3.63, 3.8) is 0 Å². The van der Waals surface area contributed by atoms with E-state index in [4.69, 9.17) is 0 Å². The molecular weight excluding hydrogens is 336 g/mol. The summed E-state index contributed by atoms with van der Waals surface area (Å²) in [6, 6.07) is 0. The van der Waals surface area contributed by atoms with Crippen molar-refractivity contribution < 1.29 is 4.79 Å². The minimum absolute atomic E-state index is 0.159. The minimum atomic E-state index is 0.159. The van der Waals surface area contributed by atoms with Gasteiger partial charge in [-0.1, -0.05) is 0 Å². The average molecular weight is 377 g/mol. The highest BCUT2D eigenvalue weighted by molar-refractivity contribution is 5.79. The summed E-state index contributed by atoms with van der Waals surface area (Å²) in [5.41, 5.74) is 0.351. The smallest absolute Gasteiger partial charge is 0.234 e. The first-order valence-electron chi connectivity index (χ1n) is 11.3. The van der Waals surface area contributed by atoms with E-state index in [0.717, 1.165) is 57.0 Å². The van der Waals surface area contributed by atoms with Crippen LogP contribution in [0.2, 0.25) is 0 Å². The van der Waals surface area contributed by atoms with Gasteiger partial charge in [0.1, 0.15) is 0 Å². The molecule has 0 aromatic rings. The van der Waals surface area contributed by atoms with Crippen molar-refractivity contribution in [1.82, 2.24) is 20.4 Å². The Balaban J connectivity index is 1.18. The van der Waals surface area contributed by atoms with E-state index in [2.05, 4.69) is 41.2 Å². The van der Waals surface area contributed by atoms with Gasteiger partial charge in [-0.2, -0.15) is 0 Å². The fourth-order valence-corrected chi connectivity index (χ4v) is 6.56. The molecule has 0 aromatic heterocycles. The molecule has 5 aliphatic rings. The Morgan fingerprint density at radius 2 is 1.44 bits per heavy atom. The van der Waals surface area contributed by atoms with Crippen LogP contribution in [-0.2, 0) is 4.79 Å². The molecule has 5 fully saturated rings. The molecule has 0 spiro atoms. The van der Waals surface area contributed by atoms with Gasteiger partial charge in [0, 0.05) is 50.3 Å². The van der Waals surface area contributed by atoms with Crippen molar-refractivity contribution in [3.8, 4) is 0 Å². The van der Waals surface area contributed by atoms with E-state index < -0.39 is 0 Å². The number of nitrogens with zero attached hydrogens (tertiary/aromatic N) is 2. The highest BCUT2D eigenvalue weighted by atomic mass is 16.2. The summed E-state index contributed by atoms with van der Waals surface area (Å²) in [6.45, 7) is 13.6. The molecule has 1 aliphatic heterocycles. The van der Waals surface area contributed by atoms with E-state index in [1.165, 1.54) is 38.5 Å². The molecule has 1 heterocycles. The van der Waals surface area contributed by atoms with Crippen molar-refractivity contribution in [3.05, 3.63) is 0 Å². The Morgan fingerprint density at radius 3 is 1.96 bits per heavy atom. The third kappa shape index (κ3) is 5.04.